The van der Waals surface area contributed by atoms with E-state index < -0.39 is 63.1 Å². The summed E-state index contributed by atoms with van der Waals surface area (Å²) in [7, 11) is -3.46. The minimum absolute atomic E-state index is 0.0219. The van der Waals surface area contributed by atoms with Gasteiger partial charge in [0, 0.05) is 29.0 Å². The third kappa shape index (κ3) is 6.51. The Morgan fingerprint density at radius 3 is 2.43 bits per heavy atom. The summed E-state index contributed by atoms with van der Waals surface area (Å²) in [5.41, 5.74) is -3.50. The Balaban J connectivity index is 1.51. The highest BCUT2D eigenvalue weighted by Gasteiger charge is 2.45. The van der Waals surface area contributed by atoms with Crippen LogP contribution in [0.1, 0.15) is 92.9 Å². The van der Waals surface area contributed by atoms with Gasteiger partial charge in [0.05, 0.1) is 40.0 Å². The van der Waals surface area contributed by atoms with E-state index in [1.807, 2.05) is 0 Å². The molecule has 4 aliphatic heterocycles. The number of hydrogen-bond donors (Lipinski definition) is 1. The van der Waals surface area contributed by atoms with Crippen LogP contribution in [0.25, 0.3) is 11.0 Å². The van der Waals surface area contributed by atoms with Crippen molar-refractivity contribution in [1.82, 2.24) is 19.4 Å². The highest BCUT2D eigenvalue weighted by atomic mass is 32.2. The lowest BCUT2D eigenvalue weighted by molar-refractivity contribution is -0.0880. The number of aromatic nitrogens is 3. The minimum Gasteiger partial charge on any atom is -0.363 e. The summed E-state index contributed by atoms with van der Waals surface area (Å²) in [6.07, 6.45) is 1.64. The zero-order chi connectivity index (χ0) is 37.0. The van der Waals surface area contributed by atoms with Crippen molar-refractivity contribution < 1.29 is 27.1 Å². The van der Waals surface area contributed by atoms with Gasteiger partial charge in [-0.1, -0.05) is 37.5 Å². The van der Waals surface area contributed by atoms with E-state index in [0.717, 1.165) is 17.0 Å². The molecule has 13 heteroatoms. The van der Waals surface area contributed by atoms with E-state index in [4.69, 9.17) is 5.48 Å². The Kier molecular flexibility index (Phi) is 8.00. The van der Waals surface area contributed by atoms with Gasteiger partial charge in [0.1, 0.15) is 33.4 Å². The molecule has 0 unspecified atom stereocenters. The SMILES string of the molecule is [2H]C1([2H])CCCCCC([2H])([2H])n2c(=O)c(C3(C#N)CCS(=O)(=O)CC3)cc3c(ncnc32)N[C@H](C)c2cccc(c2F)C(F)(F)C2CCN1CC2. The first kappa shape index (κ1) is 28.5. The number of nitrogens with zero attached hydrogens (tertiary/aromatic N) is 5. The molecule has 3 aromatic rings. The number of benzene rings is 1. The monoisotopic (exact) mass is 674 g/mol. The number of piperidine rings is 1. The molecule has 8 bridgehead atoms. The van der Waals surface area contributed by atoms with Gasteiger partial charge in [-0.3, -0.25) is 9.36 Å². The number of halogens is 3. The second kappa shape index (κ2) is 13.2. The van der Waals surface area contributed by atoms with Gasteiger partial charge in [0.25, 0.3) is 11.5 Å². The quantitative estimate of drug-likeness (QED) is 0.342. The van der Waals surface area contributed by atoms with E-state index >= 15 is 13.2 Å². The van der Waals surface area contributed by atoms with Gasteiger partial charge >= 0.3 is 0 Å². The van der Waals surface area contributed by atoms with Gasteiger partial charge in [0.15, 0.2) is 0 Å². The number of aryl methyl sites for hydroxylation is 1. The maximum atomic E-state index is 16.1. The second-order valence-corrected chi connectivity index (χ2v) is 15.1. The summed E-state index contributed by atoms with van der Waals surface area (Å²) < 4.78 is 109. The maximum Gasteiger partial charge on any atom is 0.278 e. The zero-order valence-corrected chi connectivity index (χ0v) is 27.1. The molecule has 0 aliphatic carbocycles. The van der Waals surface area contributed by atoms with Gasteiger partial charge in [0.2, 0.25) is 0 Å². The molecule has 4 aliphatic rings. The zero-order valence-electron chi connectivity index (χ0n) is 30.2. The van der Waals surface area contributed by atoms with Crippen LogP contribution in [0.5, 0.6) is 0 Å². The average Bonchev–Trinajstić information content (AvgIpc) is 3.08. The van der Waals surface area contributed by atoms with Gasteiger partial charge < -0.3 is 10.2 Å². The first-order valence-electron chi connectivity index (χ1n) is 18.1. The van der Waals surface area contributed by atoms with E-state index in [-0.39, 0.29) is 97.5 Å². The highest BCUT2D eigenvalue weighted by molar-refractivity contribution is 7.91. The van der Waals surface area contributed by atoms with Gasteiger partial charge in [-0.15, -0.1) is 0 Å². The molecule has 47 heavy (non-hydrogen) atoms. The molecule has 1 atom stereocenters. The van der Waals surface area contributed by atoms with Crippen LogP contribution in [0.4, 0.5) is 19.0 Å². The van der Waals surface area contributed by atoms with E-state index in [1.165, 1.54) is 23.1 Å². The number of hydrogen-bond acceptors (Lipinski definition) is 8. The van der Waals surface area contributed by atoms with Crippen molar-refractivity contribution in [2.24, 2.45) is 5.92 Å². The number of nitriles is 1. The van der Waals surface area contributed by atoms with Crippen LogP contribution in [-0.2, 0) is 27.7 Å². The standard InChI is InChI=1S/C34H41F3N6O3S/c1-23-25-8-7-9-27(29(25)35)34(36,37)24-10-16-42(17-11-24)14-5-3-2-4-6-15-43-31-26(30(41-23)39-22-40-31)20-28(32(43)44)33(21-38)12-18-47(45,46)19-13-33/h7-9,20,22-24H,2-6,10-19H2,1H3,(H,39,40,41)/t23-/m1/s1/i14D2,15D2. The molecule has 2 aromatic heterocycles. The van der Waals surface area contributed by atoms with E-state index in [1.54, 1.807) is 6.92 Å². The van der Waals surface area contributed by atoms with Crippen LogP contribution in [-0.4, -0.2) is 58.9 Å². The fourth-order valence-corrected chi connectivity index (χ4v) is 8.47. The third-order valence-electron chi connectivity index (χ3n) is 9.88. The largest absolute Gasteiger partial charge is 0.363 e. The van der Waals surface area contributed by atoms with E-state index in [9.17, 15) is 18.5 Å². The number of rotatable bonds is 1. The number of alkyl halides is 2. The van der Waals surface area contributed by atoms with Crippen LogP contribution in [0.3, 0.4) is 0 Å². The summed E-state index contributed by atoms with van der Waals surface area (Å²) in [6.45, 7) is -2.45. The molecule has 7 rings (SSSR count). The van der Waals surface area contributed by atoms with Gasteiger partial charge in [-0.05, 0) is 71.1 Å². The average molecular weight is 675 g/mol. The van der Waals surface area contributed by atoms with Gasteiger partial charge in [-0.25, -0.2) is 31.6 Å². The van der Waals surface area contributed by atoms with Crippen LogP contribution < -0.4 is 10.9 Å². The lowest BCUT2D eigenvalue weighted by Gasteiger charge is -2.36. The van der Waals surface area contributed by atoms with Crippen molar-refractivity contribution >= 4 is 26.7 Å². The number of anilines is 1. The Morgan fingerprint density at radius 1 is 1.04 bits per heavy atom. The number of nitrogens with one attached hydrogen (secondary N) is 1. The molecule has 0 spiro atoms. The normalized spacial score (nSPS) is 29.6. The topological polar surface area (TPSA) is 121 Å². The van der Waals surface area contributed by atoms with Crippen molar-refractivity contribution in [3.8, 4) is 6.07 Å². The predicted octanol–water partition coefficient (Wildman–Crippen LogP) is 5.84. The molecule has 0 radical (unpaired) electrons. The summed E-state index contributed by atoms with van der Waals surface area (Å²) in [6, 6.07) is 6.33. The van der Waals surface area contributed by atoms with Crippen molar-refractivity contribution in [2.45, 2.75) is 88.6 Å². The smallest absolute Gasteiger partial charge is 0.278 e. The van der Waals surface area contributed by atoms with E-state index in [2.05, 4.69) is 21.4 Å². The molecule has 252 valence electrons. The molecule has 0 saturated carbocycles. The second-order valence-electron chi connectivity index (χ2n) is 12.8. The summed E-state index contributed by atoms with van der Waals surface area (Å²) in [5, 5.41) is 13.6. The Hall–Kier alpha value is -3.50. The molecule has 2 saturated heterocycles. The highest BCUT2D eigenvalue weighted by Crippen LogP contribution is 2.44. The lowest BCUT2D eigenvalue weighted by atomic mass is 9.77. The molecule has 6 heterocycles. The molecule has 0 amide bonds. The predicted molar refractivity (Wildman–Crippen MR) is 174 cm³/mol. The number of pyridine rings is 1. The third-order valence-corrected chi connectivity index (χ3v) is 11.5. The van der Waals surface area contributed by atoms with Crippen molar-refractivity contribution in [1.29, 1.82) is 5.26 Å². The van der Waals surface area contributed by atoms with Crippen molar-refractivity contribution in [2.75, 3.05) is 36.4 Å². The summed E-state index contributed by atoms with van der Waals surface area (Å²) in [5.74, 6) is -6.49. The lowest BCUT2D eigenvalue weighted by Crippen LogP contribution is -2.41. The minimum atomic E-state index is -3.53. The van der Waals surface area contributed by atoms with Crippen LogP contribution >= 0.6 is 0 Å². The van der Waals surface area contributed by atoms with Crippen molar-refractivity contribution in [3.05, 3.63) is 63.5 Å². The maximum absolute atomic E-state index is 16.1. The van der Waals surface area contributed by atoms with Crippen LogP contribution in [0.2, 0.25) is 0 Å². The number of sulfone groups is 1. The summed E-state index contributed by atoms with van der Waals surface area (Å²) in [4.78, 5) is 24.4. The fraction of sp³-hybridized carbons (Fsp3) is 0.588. The fourth-order valence-electron chi connectivity index (χ4n) is 6.95. The molecular weight excluding hydrogens is 629 g/mol. The van der Waals surface area contributed by atoms with Crippen LogP contribution in [0, 0.1) is 23.1 Å². The first-order valence-corrected chi connectivity index (χ1v) is 18.0. The molecule has 1 aromatic carbocycles. The van der Waals surface area contributed by atoms with E-state index in [0.29, 0.717) is 12.8 Å². The van der Waals surface area contributed by atoms with Crippen molar-refractivity contribution in [3.63, 3.8) is 0 Å². The molecule has 1 N–H and O–H groups in total. The summed E-state index contributed by atoms with van der Waals surface area (Å²) >= 11 is 0. The first-order chi connectivity index (χ1) is 23.9. The Bertz CT molecular complexity index is 2020. The number of fused-ring (bicyclic) bond motifs is 9. The van der Waals surface area contributed by atoms with Crippen LogP contribution in [0.15, 0.2) is 35.4 Å². The molecule has 9 nitrogen and oxygen atoms in total. The Morgan fingerprint density at radius 2 is 1.72 bits per heavy atom. The molecule has 2 fully saturated rings. The Labute approximate surface area is 278 Å². The van der Waals surface area contributed by atoms with Gasteiger partial charge in [-0.2, -0.15) is 5.26 Å². The molecular formula is C34H41F3N6O3S.